The number of para-hydroxylation sites is 1. The maximum absolute atomic E-state index is 13.6. The van der Waals surface area contributed by atoms with Crippen molar-refractivity contribution in [1.29, 1.82) is 0 Å². The van der Waals surface area contributed by atoms with Crippen molar-refractivity contribution >= 4 is 28.6 Å². The fraction of sp³-hybridized carbons (Fsp3) is 0.333. The van der Waals surface area contributed by atoms with Crippen molar-refractivity contribution in [1.82, 2.24) is 14.8 Å². The number of fused-ring (bicyclic) bond motifs is 1. The number of rotatable bonds is 6. The van der Waals surface area contributed by atoms with Crippen LogP contribution in [0.25, 0.3) is 11.0 Å². The molecule has 2 aromatic heterocycles. The third-order valence-corrected chi connectivity index (χ3v) is 4.77. The molecule has 1 N–H and O–H groups in total. The van der Waals surface area contributed by atoms with Crippen molar-refractivity contribution < 1.29 is 18.7 Å². The van der Waals surface area contributed by atoms with Crippen LogP contribution >= 0.6 is 0 Å². The Balaban J connectivity index is 1.53. The quantitative estimate of drug-likeness (QED) is 0.640. The van der Waals surface area contributed by atoms with Gasteiger partial charge in [0, 0.05) is 17.7 Å². The Kier molecular flexibility index (Phi) is 5.00. The highest BCUT2D eigenvalue weighted by atomic mass is 19.1. The summed E-state index contributed by atoms with van der Waals surface area (Å²) in [5.74, 6) is -1.47. The van der Waals surface area contributed by atoms with Gasteiger partial charge in [-0.2, -0.15) is 5.10 Å². The van der Waals surface area contributed by atoms with Gasteiger partial charge in [-0.05, 0) is 44.9 Å². The van der Waals surface area contributed by atoms with Crippen LogP contribution in [0.1, 0.15) is 54.7 Å². The second-order valence-corrected chi connectivity index (χ2v) is 7.39. The molecule has 3 aromatic rings. The molecule has 1 saturated carbocycles. The third kappa shape index (κ3) is 3.96. The molecule has 1 fully saturated rings. The van der Waals surface area contributed by atoms with Gasteiger partial charge in [-0.15, -0.1) is 0 Å². The lowest BCUT2D eigenvalue weighted by atomic mass is 10.1. The molecule has 1 aromatic carbocycles. The molecule has 0 aliphatic heterocycles. The Bertz CT molecular complexity index is 1090. The Morgan fingerprint density at radius 3 is 2.76 bits per heavy atom. The number of amides is 1. The number of nitrogens with zero attached hydrogens (tertiary/aromatic N) is 3. The number of anilines is 1. The Morgan fingerprint density at radius 2 is 2.07 bits per heavy atom. The van der Waals surface area contributed by atoms with Gasteiger partial charge < -0.3 is 10.1 Å². The topological polar surface area (TPSA) is 86.1 Å². The molecule has 2 heterocycles. The van der Waals surface area contributed by atoms with Gasteiger partial charge in [0.25, 0.3) is 5.91 Å². The highest BCUT2D eigenvalue weighted by molar-refractivity contribution is 6.04. The summed E-state index contributed by atoms with van der Waals surface area (Å²) in [5.41, 5.74) is 1.84. The fourth-order valence-corrected chi connectivity index (χ4v) is 3.13. The van der Waals surface area contributed by atoms with Crippen LogP contribution in [-0.2, 0) is 9.53 Å². The van der Waals surface area contributed by atoms with Crippen LogP contribution in [-0.4, -0.2) is 33.2 Å². The summed E-state index contributed by atoms with van der Waals surface area (Å²) in [6.45, 7) is 3.46. The van der Waals surface area contributed by atoms with Gasteiger partial charge in [0.05, 0.1) is 22.8 Å². The van der Waals surface area contributed by atoms with Crippen LogP contribution in [0.5, 0.6) is 0 Å². The number of aromatic nitrogens is 3. The van der Waals surface area contributed by atoms with Crippen LogP contribution in [0.2, 0.25) is 0 Å². The van der Waals surface area contributed by atoms with E-state index in [1.165, 1.54) is 18.2 Å². The van der Waals surface area contributed by atoms with E-state index in [4.69, 9.17) is 9.72 Å². The molecule has 8 heteroatoms. The molecule has 1 aliphatic carbocycles. The fourth-order valence-electron chi connectivity index (χ4n) is 3.13. The molecule has 0 saturated heterocycles. The van der Waals surface area contributed by atoms with Gasteiger partial charge in [-0.3, -0.25) is 4.79 Å². The zero-order valence-corrected chi connectivity index (χ0v) is 16.2. The molecular formula is C21H21FN4O3. The molecule has 150 valence electrons. The maximum Gasteiger partial charge on any atom is 0.339 e. The van der Waals surface area contributed by atoms with Gasteiger partial charge in [-0.1, -0.05) is 12.1 Å². The second kappa shape index (κ2) is 7.62. The molecule has 1 amide bonds. The number of hydrogen-bond donors (Lipinski definition) is 1. The first-order valence-electron chi connectivity index (χ1n) is 9.53. The number of carbonyl (C=O) groups is 2. The summed E-state index contributed by atoms with van der Waals surface area (Å²) in [4.78, 5) is 29.5. The first-order valence-corrected chi connectivity index (χ1v) is 9.53. The summed E-state index contributed by atoms with van der Waals surface area (Å²) >= 11 is 0. The van der Waals surface area contributed by atoms with Gasteiger partial charge in [0.15, 0.2) is 12.3 Å². The monoisotopic (exact) mass is 396 g/mol. The minimum Gasteiger partial charge on any atom is -0.452 e. The highest BCUT2D eigenvalue weighted by Gasteiger charge is 2.28. The third-order valence-electron chi connectivity index (χ3n) is 4.77. The molecule has 4 rings (SSSR count). The number of nitrogens with one attached hydrogen (secondary N) is 1. The minimum atomic E-state index is -0.633. The molecular weight excluding hydrogens is 375 g/mol. The lowest BCUT2D eigenvalue weighted by molar-refractivity contribution is -0.119. The second-order valence-electron chi connectivity index (χ2n) is 7.39. The average molecular weight is 396 g/mol. The van der Waals surface area contributed by atoms with Crippen LogP contribution < -0.4 is 5.32 Å². The lowest BCUT2D eigenvalue weighted by Gasteiger charge is -2.10. The number of halogens is 1. The zero-order chi connectivity index (χ0) is 20.5. The Labute approximate surface area is 166 Å². The summed E-state index contributed by atoms with van der Waals surface area (Å²) < 4.78 is 20.6. The largest absolute Gasteiger partial charge is 0.452 e. The first kappa shape index (κ1) is 19.0. The Hall–Kier alpha value is -3.29. The van der Waals surface area contributed by atoms with Crippen molar-refractivity contribution in [3.05, 3.63) is 53.6 Å². The molecule has 0 radical (unpaired) electrons. The van der Waals surface area contributed by atoms with E-state index in [2.05, 4.69) is 10.4 Å². The molecule has 0 unspecified atom stereocenters. The summed E-state index contributed by atoms with van der Waals surface area (Å²) in [7, 11) is 0. The predicted octanol–water partition coefficient (Wildman–Crippen LogP) is 3.82. The maximum atomic E-state index is 13.6. The van der Waals surface area contributed by atoms with Crippen LogP contribution in [0, 0.1) is 5.82 Å². The molecule has 0 spiro atoms. The number of hydrogen-bond acceptors (Lipinski definition) is 5. The summed E-state index contributed by atoms with van der Waals surface area (Å²) in [6, 6.07) is 7.61. The number of esters is 1. The number of ether oxygens (including phenoxy) is 1. The lowest BCUT2D eigenvalue weighted by Crippen LogP contribution is -2.21. The van der Waals surface area contributed by atoms with Crippen molar-refractivity contribution in [2.75, 3.05) is 11.9 Å². The average Bonchev–Trinajstić information content (AvgIpc) is 3.46. The van der Waals surface area contributed by atoms with E-state index in [0.29, 0.717) is 22.5 Å². The van der Waals surface area contributed by atoms with Crippen molar-refractivity contribution in [2.24, 2.45) is 0 Å². The van der Waals surface area contributed by atoms with E-state index in [-0.39, 0.29) is 11.7 Å². The SMILES string of the molecule is CC(C)n1ncc2c(C(=O)OCC(=O)Nc3ccccc3F)cc(C3CC3)nc21. The molecule has 0 atom stereocenters. The number of pyridine rings is 1. The summed E-state index contributed by atoms with van der Waals surface area (Å²) in [5, 5.41) is 7.32. The van der Waals surface area contributed by atoms with E-state index < -0.39 is 24.3 Å². The molecule has 7 nitrogen and oxygen atoms in total. The molecule has 29 heavy (non-hydrogen) atoms. The predicted molar refractivity (Wildman–Crippen MR) is 105 cm³/mol. The van der Waals surface area contributed by atoms with Crippen LogP contribution in [0.15, 0.2) is 36.5 Å². The van der Waals surface area contributed by atoms with Gasteiger partial charge >= 0.3 is 5.97 Å². The van der Waals surface area contributed by atoms with E-state index in [1.807, 2.05) is 13.8 Å². The van der Waals surface area contributed by atoms with E-state index >= 15 is 0 Å². The Morgan fingerprint density at radius 1 is 1.31 bits per heavy atom. The van der Waals surface area contributed by atoms with Gasteiger partial charge in [0.1, 0.15) is 5.82 Å². The van der Waals surface area contributed by atoms with E-state index in [1.54, 1.807) is 23.0 Å². The zero-order valence-electron chi connectivity index (χ0n) is 16.2. The van der Waals surface area contributed by atoms with E-state index in [9.17, 15) is 14.0 Å². The molecule has 0 bridgehead atoms. The number of benzene rings is 1. The minimum absolute atomic E-state index is 0.0362. The number of carbonyl (C=O) groups excluding carboxylic acids is 2. The first-order chi connectivity index (χ1) is 13.9. The van der Waals surface area contributed by atoms with Crippen LogP contribution in [0.4, 0.5) is 10.1 Å². The van der Waals surface area contributed by atoms with Gasteiger partial charge in [-0.25, -0.2) is 18.9 Å². The van der Waals surface area contributed by atoms with Crippen LogP contribution in [0.3, 0.4) is 0 Å². The highest BCUT2D eigenvalue weighted by Crippen LogP contribution is 2.40. The normalized spacial score (nSPS) is 13.7. The standard InChI is InChI=1S/C21H21FN4O3/c1-12(2)26-20-15(10-23-26)14(9-18(25-20)13-7-8-13)21(28)29-11-19(27)24-17-6-4-3-5-16(17)22/h3-6,9-10,12-13H,7-8,11H2,1-2H3,(H,24,27). The summed E-state index contributed by atoms with van der Waals surface area (Å²) in [6.07, 6.45) is 3.66. The van der Waals surface area contributed by atoms with Crippen molar-refractivity contribution in [2.45, 2.75) is 38.6 Å². The van der Waals surface area contributed by atoms with E-state index in [0.717, 1.165) is 18.5 Å². The smallest absolute Gasteiger partial charge is 0.339 e. The van der Waals surface area contributed by atoms with Crippen molar-refractivity contribution in [3.63, 3.8) is 0 Å². The molecule has 1 aliphatic rings. The van der Waals surface area contributed by atoms with Crippen molar-refractivity contribution in [3.8, 4) is 0 Å². The van der Waals surface area contributed by atoms with Gasteiger partial charge in [0.2, 0.25) is 0 Å².